The highest BCUT2D eigenvalue weighted by atomic mass is 16.6. The molecule has 0 radical (unpaired) electrons. The van der Waals surface area contributed by atoms with Gasteiger partial charge in [-0.15, -0.1) is 0 Å². The maximum atomic E-state index is 10.3. The molecule has 66 valence electrons. The predicted molar refractivity (Wildman–Crippen MR) is 39.5 cm³/mol. The maximum Gasteiger partial charge on any atom is 0.318 e. The summed E-state index contributed by atoms with van der Waals surface area (Å²) < 4.78 is 0. The molecule has 0 fully saturated rings. The van der Waals surface area contributed by atoms with E-state index in [0.29, 0.717) is 12.8 Å². The molecule has 6 nitrogen and oxygen atoms in total. The summed E-state index contributed by atoms with van der Waals surface area (Å²) >= 11 is 0. The van der Waals surface area contributed by atoms with Crippen molar-refractivity contribution in [3.8, 4) is 0 Å². The summed E-state index contributed by atoms with van der Waals surface area (Å²) in [5.74, 6) is 0. The first kappa shape index (κ1) is 8.63. The molecule has 0 aromatic heterocycles. The zero-order chi connectivity index (χ0) is 9.14. The van der Waals surface area contributed by atoms with Crippen LogP contribution >= 0.6 is 0 Å². The standard InChI is InChI=1S/C6H8N2O4/c9-7(10)5-3-1-2-4-6(5)8(11)12/h1-4H2. The molecule has 0 saturated heterocycles. The second-order valence-corrected chi connectivity index (χ2v) is 2.61. The van der Waals surface area contributed by atoms with Crippen LogP contribution in [0.1, 0.15) is 25.7 Å². The molecule has 12 heavy (non-hydrogen) atoms. The van der Waals surface area contributed by atoms with Gasteiger partial charge in [0.15, 0.2) is 0 Å². The summed E-state index contributed by atoms with van der Waals surface area (Å²) in [4.78, 5) is 19.3. The molecule has 0 amide bonds. The molecule has 0 saturated carbocycles. The molecule has 0 aliphatic heterocycles. The average Bonchev–Trinajstić information content (AvgIpc) is 2.04. The zero-order valence-corrected chi connectivity index (χ0v) is 6.36. The van der Waals surface area contributed by atoms with Gasteiger partial charge in [0.05, 0.1) is 9.85 Å². The lowest BCUT2D eigenvalue weighted by atomic mass is 10.0. The number of allylic oxidation sites excluding steroid dienone is 2. The number of rotatable bonds is 2. The quantitative estimate of drug-likeness (QED) is 0.464. The molecule has 1 aliphatic carbocycles. The molecule has 0 atom stereocenters. The van der Waals surface area contributed by atoms with Crippen molar-refractivity contribution < 1.29 is 9.85 Å². The summed E-state index contributed by atoms with van der Waals surface area (Å²) in [6, 6.07) is 0. The fourth-order valence-electron chi connectivity index (χ4n) is 1.27. The Bertz CT molecular complexity index is 232. The molecule has 1 aliphatic rings. The van der Waals surface area contributed by atoms with Crippen molar-refractivity contribution >= 4 is 0 Å². The van der Waals surface area contributed by atoms with Crippen LogP contribution < -0.4 is 0 Å². The van der Waals surface area contributed by atoms with Gasteiger partial charge in [-0.3, -0.25) is 20.2 Å². The molecule has 1 rings (SSSR count). The first-order chi connectivity index (χ1) is 5.63. The molecule has 0 unspecified atom stereocenters. The maximum absolute atomic E-state index is 10.3. The molecule has 0 N–H and O–H groups in total. The lowest BCUT2D eigenvalue weighted by Gasteiger charge is -2.06. The SMILES string of the molecule is O=[N+]([O-])C1=C([N+](=O)[O-])CCCC1. The van der Waals surface area contributed by atoms with Crippen LogP contribution in [0.5, 0.6) is 0 Å². The van der Waals surface area contributed by atoms with Crippen molar-refractivity contribution in [3.63, 3.8) is 0 Å². The highest BCUT2D eigenvalue weighted by molar-refractivity contribution is 5.02. The van der Waals surface area contributed by atoms with Crippen molar-refractivity contribution in [2.45, 2.75) is 25.7 Å². The third kappa shape index (κ3) is 1.58. The molecular formula is C6H8N2O4. The fourth-order valence-corrected chi connectivity index (χ4v) is 1.27. The van der Waals surface area contributed by atoms with Crippen LogP contribution in [0.2, 0.25) is 0 Å². The number of nitro groups is 2. The summed E-state index contributed by atoms with van der Waals surface area (Å²) in [5, 5.41) is 20.6. The van der Waals surface area contributed by atoms with Crippen LogP contribution in [0.25, 0.3) is 0 Å². The fraction of sp³-hybridized carbons (Fsp3) is 0.667. The smallest absolute Gasteiger partial charge is 0.258 e. The van der Waals surface area contributed by atoms with E-state index in [-0.39, 0.29) is 24.2 Å². The van der Waals surface area contributed by atoms with Crippen molar-refractivity contribution in [2.24, 2.45) is 0 Å². The van der Waals surface area contributed by atoms with Gasteiger partial charge < -0.3 is 0 Å². The van der Waals surface area contributed by atoms with Gasteiger partial charge in [0.1, 0.15) is 0 Å². The van der Waals surface area contributed by atoms with Gasteiger partial charge >= 0.3 is 11.4 Å². The first-order valence-electron chi connectivity index (χ1n) is 3.63. The highest BCUT2D eigenvalue weighted by Crippen LogP contribution is 2.24. The monoisotopic (exact) mass is 172 g/mol. The van der Waals surface area contributed by atoms with Gasteiger partial charge in [-0.1, -0.05) is 0 Å². The summed E-state index contributed by atoms with van der Waals surface area (Å²) in [5.41, 5.74) is -0.433. The second kappa shape index (κ2) is 3.29. The molecule has 0 spiro atoms. The van der Waals surface area contributed by atoms with Crippen LogP contribution in [0, 0.1) is 20.2 Å². The molecule has 6 heteroatoms. The van der Waals surface area contributed by atoms with E-state index in [2.05, 4.69) is 0 Å². The van der Waals surface area contributed by atoms with Gasteiger partial charge in [-0.25, -0.2) is 0 Å². The Morgan fingerprint density at radius 1 is 0.917 bits per heavy atom. The summed E-state index contributed by atoms with van der Waals surface area (Å²) in [6.07, 6.45) is 1.80. The van der Waals surface area contributed by atoms with Crippen molar-refractivity contribution in [2.75, 3.05) is 0 Å². The first-order valence-corrected chi connectivity index (χ1v) is 3.63. The largest absolute Gasteiger partial charge is 0.318 e. The van der Waals surface area contributed by atoms with E-state index in [1.807, 2.05) is 0 Å². The van der Waals surface area contributed by atoms with Crippen LogP contribution in [0.15, 0.2) is 11.4 Å². The van der Waals surface area contributed by atoms with Crippen LogP contribution in [0.4, 0.5) is 0 Å². The minimum absolute atomic E-state index is 0.216. The second-order valence-electron chi connectivity index (χ2n) is 2.61. The van der Waals surface area contributed by atoms with Crippen molar-refractivity contribution in [3.05, 3.63) is 31.6 Å². The molecular weight excluding hydrogens is 164 g/mol. The number of hydrogen-bond acceptors (Lipinski definition) is 4. The van der Waals surface area contributed by atoms with E-state index in [4.69, 9.17) is 0 Å². The molecule has 0 heterocycles. The Balaban J connectivity index is 2.99. The van der Waals surface area contributed by atoms with E-state index >= 15 is 0 Å². The number of hydrogen-bond donors (Lipinski definition) is 0. The van der Waals surface area contributed by atoms with E-state index in [0.717, 1.165) is 0 Å². The third-order valence-corrected chi connectivity index (χ3v) is 1.85. The minimum atomic E-state index is -0.642. The Labute approximate surface area is 68.2 Å². The van der Waals surface area contributed by atoms with E-state index in [1.54, 1.807) is 0 Å². The Morgan fingerprint density at radius 2 is 1.25 bits per heavy atom. The molecule has 0 aromatic rings. The normalized spacial score (nSPS) is 17.7. The average molecular weight is 172 g/mol. The lowest BCUT2D eigenvalue weighted by molar-refractivity contribution is -0.477. The van der Waals surface area contributed by atoms with E-state index < -0.39 is 9.85 Å². The highest BCUT2D eigenvalue weighted by Gasteiger charge is 2.30. The Hall–Kier alpha value is -1.46. The van der Waals surface area contributed by atoms with Crippen molar-refractivity contribution in [1.82, 2.24) is 0 Å². The van der Waals surface area contributed by atoms with Crippen LogP contribution in [-0.4, -0.2) is 9.85 Å². The number of nitrogens with zero attached hydrogens (tertiary/aromatic N) is 2. The van der Waals surface area contributed by atoms with Gasteiger partial charge in [-0.05, 0) is 12.8 Å². The van der Waals surface area contributed by atoms with Gasteiger partial charge in [-0.2, -0.15) is 0 Å². The van der Waals surface area contributed by atoms with Crippen molar-refractivity contribution in [1.29, 1.82) is 0 Å². The van der Waals surface area contributed by atoms with E-state index in [1.165, 1.54) is 0 Å². The lowest BCUT2D eigenvalue weighted by Crippen LogP contribution is -2.13. The Kier molecular flexibility index (Phi) is 2.37. The topological polar surface area (TPSA) is 86.3 Å². The van der Waals surface area contributed by atoms with Gasteiger partial charge in [0, 0.05) is 12.8 Å². The van der Waals surface area contributed by atoms with E-state index in [9.17, 15) is 20.2 Å². The minimum Gasteiger partial charge on any atom is -0.258 e. The summed E-state index contributed by atoms with van der Waals surface area (Å²) in [6.45, 7) is 0. The zero-order valence-electron chi connectivity index (χ0n) is 6.36. The van der Waals surface area contributed by atoms with Crippen LogP contribution in [0.3, 0.4) is 0 Å². The predicted octanol–water partition coefficient (Wildman–Crippen LogP) is 1.33. The summed E-state index contributed by atoms with van der Waals surface area (Å²) in [7, 11) is 0. The van der Waals surface area contributed by atoms with Gasteiger partial charge in [0.25, 0.3) is 0 Å². The van der Waals surface area contributed by atoms with Crippen LogP contribution in [-0.2, 0) is 0 Å². The Morgan fingerprint density at radius 3 is 1.50 bits per heavy atom. The third-order valence-electron chi connectivity index (χ3n) is 1.85. The molecule has 0 aromatic carbocycles. The van der Waals surface area contributed by atoms with Gasteiger partial charge in [0.2, 0.25) is 0 Å². The molecule has 0 bridgehead atoms.